The SMILES string of the molecule is O=[P+](OCc1c(F)cc(F)cc1F)OCc1c(F)cc(F)cc1F. The van der Waals surface area contributed by atoms with Gasteiger partial charge in [-0.1, -0.05) is 0 Å². The van der Waals surface area contributed by atoms with Crippen molar-refractivity contribution in [3.05, 3.63) is 70.3 Å². The first-order valence-electron chi connectivity index (χ1n) is 6.28. The Morgan fingerprint density at radius 3 is 1.25 bits per heavy atom. The fourth-order valence-electron chi connectivity index (χ4n) is 1.69. The summed E-state index contributed by atoms with van der Waals surface area (Å²) in [6.07, 6.45) is 0. The Hall–Kier alpha value is -1.96. The molecule has 0 radical (unpaired) electrons. The average Bonchev–Trinajstić information content (AvgIpc) is 2.44. The molecule has 0 unspecified atom stereocenters. The first-order valence-corrected chi connectivity index (χ1v) is 7.37. The maximum atomic E-state index is 13.3. The molecule has 3 nitrogen and oxygen atoms in total. The van der Waals surface area contributed by atoms with Gasteiger partial charge in [-0.25, -0.2) is 26.3 Å². The fraction of sp³-hybridized carbons (Fsp3) is 0.143. The molecule has 0 saturated carbocycles. The van der Waals surface area contributed by atoms with E-state index in [-0.39, 0.29) is 0 Å². The largest absolute Gasteiger partial charge is 0.698 e. The summed E-state index contributed by atoms with van der Waals surface area (Å²) >= 11 is 0. The Morgan fingerprint density at radius 2 is 0.958 bits per heavy atom. The molecule has 0 heterocycles. The molecule has 0 spiro atoms. The third-order valence-corrected chi connectivity index (χ3v) is 3.52. The minimum Gasteiger partial charge on any atom is -0.207 e. The Labute approximate surface area is 132 Å². The normalized spacial score (nSPS) is 10.9. The molecule has 0 aliphatic rings. The lowest BCUT2D eigenvalue weighted by molar-refractivity contribution is 0.204. The molecule has 0 amide bonds. The Morgan fingerprint density at radius 1 is 0.667 bits per heavy atom. The molecule has 0 aromatic heterocycles. The van der Waals surface area contributed by atoms with Gasteiger partial charge in [0, 0.05) is 28.8 Å². The van der Waals surface area contributed by atoms with Crippen LogP contribution in [0.1, 0.15) is 11.1 Å². The molecule has 0 bridgehead atoms. The summed E-state index contributed by atoms with van der Waals surface area (Å²) in [4.78, 5) is 0. The van der Waals surface area contributed by atoms with Crippen LogP contribution >= 0.6 is 8.25 Å². The van der Waals surface area contributed by atoms with Crippen LogP contribution in [-0.4, -0.2) is 0 Å². The van der Waals surface area contributed by atoms with Crippen LogP contribution < -0.4 is 0 Å². The van der Waals surface area contributed by atoms with Crippen LogP contribution in [0.25, 0.3) is 0 Å². The van der Waals surface area contributed by atoms with Crippen LogP contribution in [0.3, 0.4) is 0 Å². The summed E-state index contributed by atoms with van der Waals surface area (Å²) < 4.78 is 99.2. The van der Waals surface area contributed by atoms with Gasteiger partial charge in [0.25, 0.3) is 0 Å². The molecule has 0 atom stereocenters. The van der Waals surface area contributed by atoms with E-state index in [0.717, 1.165) is 0 Å². The van der Waals surface area contributed by atoms with Gasteiger partial charge in [0.15, 0.2) is 0 Å². The van der Waals surface area contributed by atoms with Gasteiger partial charge in [-0.3, -0.25) is 0 Å². The van der Waals surface area contributed by atoms with Crippen LogP contribution in [0.15, 0.2) is 24.3 Å². The molecule has 128 valence electrons. The first-order chi connectivity index (χ1) is 11.3. The third kappa shape index (κ3) is 4.53. The van der Waals surface area contributed by atoms with Gasteiger partial charge >= 0.3 is 8.25 Å². The van der Waals surface area contributed by atoms with Crippen LogP contribution in [-0.2, 0) is 26.8 Å². The van der Waals surface area contributed by atoms with Crippen molar-refractivity contribution < 1.29 is 40.0 Å². The standard InChI is InChI=1S/C14H8F6O3P/c15-7-1-11(17)9(12(18)2-7)5-22-24(21)23-6-10-13(19)3-8(16)4-14(10)20/h1-4H,5-6H2/q+1. The smallest absolute Gasteiger partial charge is 0.207 e. The second kappa shape index (κ2) is 7.74. The molecule has 2 rings (SSSR count). The summed E-state index contributed by atoms with van der Waals surface area (Å²) in [6.45, 7) is -1.72. The van der Waals surface area contributed by atoms with Gasteiger partial charge in [-0.15, -0.1) is 9.05 Å². The van der Waals surface area contributed by atoms with Crippen molar-refractivity contribution in [3.8, 4) is 0 Å². The Kier molecular flexibility index (Phi) is 5.93. The van der Waals surface area contributed by atoms with Gasteiger partial charge in [-0.05, 0) is 0 Å². The zero-order chi connectivity index (χ0) is 17.9. The van der Waals surface area contributed by atoms with E-state index in [1.807, 2.05) is 0 Å². The van der Waals surface area contributed by atoms with Gasteiger partial charge in [-0.2, -0.15) is 0 Å². The summed E-state index contributed by atoms with van der Waals surface area (Å²) in [5, 5.41) is 0. The van der Waals surface area contributed by atoms with E-state index in [0.29, 0.717) is 24.3 Å². The molecule has 0 saturated heterocycles. The minimum atomic E-state index is -3.00. The lowest BCUT2D eigenvalue weighted by Gasteiger charge is -2.02. The summed E-state index contributed by atoms with van der Waals surface area (Å²) in [5.41, 5.74) is -1.38. The van der Waals surface area contributed by atoms with Crippen molar-refractivity contribution in [2.75, 3.05) is 0 Å². The molecule has 24 heavy (non-hydrogen) atoms. The molecule has 0 aliphatic heterocycles. The first kappa shape index (κ1) is 18.4. The third-order valence-electron chi connectivity index (χ3n) is 2.84. The average molecular weight is 369 g/mol. The highest BCUT2D eigenvalue weighted by Gasteiger charge is 2.25. The van der Waals surface area contributed by atoms with E-state index in [1.54, 1.807) is 0 Å². The number of halogens is 6. The van der Waals surface area contributed by atoms with Crippen molar-refractivity contribution >= 4 is 8.25 Å². The van der Waals surface area contributed by atoms with Crippen molar-refractivity contribution in [1.29, 1.82) is 0 Å². The van der Waals surface area contributed by atoms with Gasteiger partial charge in [0.05, 0.1) is 11.1 Å². The van der Waals surface area contributed by atoms with Gasteiger partial charge in [0.2, 0.25) is 0 Å². The van der Waals surface area contributed by atoms with Gasteiger partial charge < -0.3 is 0 Å². The van der Waals surface area contributed by atoms with Crippen LogP contribution in [0.2, 0.25) is 0 Å². The minimum absolute atomic E-state index is 0.402. The fourth-order valence-corrected chi connectivity index (χ4v) is 2.24. The van der Waals surface area contributed by atoms with Crippen LogP contribution in [0.4, 0.5) is 26.3 Å². The highest BCUT2D eigenvalue weighted by Crippen LogP contribution is 2.30. The Balaban J connectivity index is 1.96. The van der Waals surface area contributed by atoms with Crippen LogP contribution in [0, 0.1) is 34.9 Å². The van der Waals surface area contributed by atoms with Crippen molar-refractivity contribution in [3.63, 3.8) is 0 Å². The maximum Gasteiger partial charge on any atom is 0.698 e. The van der Waals surface area contributed by atoms with E-state index in [1.165, 1.54) is 0 Å². The molecule has 0 N–H and O–H groups in total. The quantitative estimate of drug-likeness (QED) is 0.536. The number of rotatable bonds is 6. The van der Waals surface area contributed by atoms with E-state index in [2.05, 4.69) is 9.05 Å². The van der Waals surface area contributed by atoms with Crippen LogP contribution in [0.5, 0.6) is 0 Å². The number of benzene rings is 2. The molecule has 0 aliphatic carbocycles. The highest BCUT2D eigenvalue weighted by atomic mass is 31.1. The van der Waals surface area contributed by atoms with E-state index in [4.69, 9.17) is 0 Å². The van der Waals surface area contributed by atoms with E-state index < -0.39 is 67.5 Å². The molecule has 0 fully saturated rings. The molecular weight excluding hydrogens is 361 g/mol. The summed E-state index contributed by atoms with van der Waals surface area (Å²) in [6, 6.07) is 1.61. The second-order valence-corrected chi connectivity index (χ2v) is 5.43. The summed E-state index contributed by atoms with van der Waals surface area (Å²) in [5.74, 6) is -7.32. The predicted octanol–water partition coefficient (Wildman–Crippen LogP) is 4.91. The van der Waals surface area contributed by atoms with Crippen molar-refractivity contribution in [2.24, 2.45) is 0 Å². The lowest BCUT2D eigenvalue weighted by Crippen LogP contribution is -2.00. The number of hydrogen-bond acceptors (Lipinski definition) is 3. The zero-order valence-corrected chi connectivity index (χ0v) is 12.6. The monoisotopic (exact) mass is 369 g/mol. The summed E-state index contributed by atoms with van der Waals surface area (Å²) in [7, 11) is -3.00. The predicted molar refractivity (Wildman–Crippen MR) is 69.8 cm³/mol. The van der Waals surface area contributed by atoms with Gasteiger partial charge in [0.1, 0.15) is 48.1 Å². The topological polar surface area (TPSA) is 35.5 Å². The molecule has 2 aromatic carbocycles. The van der Waals surface area contributed by atoms with E-state index >= 15 is 0 Å². The maximum absolute atomic E-state index is 13.3. The lowest BCUT2D eigenvalue weighted by atomic mass is 10.2. The van der Waals surface area contributed by atoms with E-state index in [9.17, 15) is 30.9 Å². The Bertz CT molecular complexity index is 674. The van der Waals surface area contributed by atoms with Crippen molar-refractivity contribution in [2.45, 2.75) is 13.2 Å². The molecule has 10 heteroatoms. The second-order valence-electron chi connectivity index (χ2n) is 4.47. The number of hydrogen-bond donors (Lipinski definition) is 0. The van der Waals surface area contributed by atoms with Crippen molar-refractivity contribution in [1.82, 2.24) is 0 Å². The highest BCUT2D eigenvalue weighted by molar-refractivity contribution is 7.33. The molecular formula is C14H8F6O3P+. The zero-order valence-electron chi connectivity index (χ0n) is 11.7. The molecule has 2 aromatic rings.